The van der Waals surface area contributed by atoms with Crippen molar-refractivity contribution in [2.75, 3.05) is 47.1 Å². The second kappa shape index (κ2) is 12.7. The Labute approximate surface area is 159 Å². The van der Waals surface area contributed by atoms with E-state index in [1.165, 1.54) is 11.1 Å². The number of ether oxygens (including phenoxy) is 2. The van der Waals surface area contributed by atoms with Crippen LogP contribution in [0, 0.1) is 0 Å². The summed E-state index contributed by atoms with van der Waals surface area (Å²) in [5.41, 5.74) is 2.92. The van der Waals surface area contributed by atoms with Crippen molar-refractivity contribution in [3.8, 4) is 0 Å². The molecular weight excluding hydrogens is 326 g/mol. The highest BCUT2D eigenvalue weighted by Crippen LogP contribution is 2.22. The first-order chi connectivity index (χ1) is 12.5. The Kier molecular flexibility index (Phi) is 11.0. The Morgan fingerprint density at radius 1 is 0.962 bits per heavy atom. The maximum absolute atomic E-state index is 5.45. The van der Waals surface area contributed by atoms with Crippen molar-refractivity contribution in [2.45, 2.75) is 45.4 Å². The van der Waals surface area contributed by atoms with Gasteiger partial charge >= 0.3 is 0 Å². The quantitative estimate of drug-likeness (QED) is 0.360. The number of benzene rings is 1. The third-order valence-electron chi connectivity index (χ3n) is 4.19. The third kappa shape index (κ3) is 9.78. The molecule has 148 valence electrons. The second-order valence-corrected chi connectivity index (χ2v) is 7.43. The van der Waals surface area contributed by atoms with Gasteiger partial charge in [0, 0.05) is 33.9 Å². The molecule has 26 heavy (non-hydrogen) atoms. The van der Waals surface area contributed by atoms with Crippen molar-refractivity contribution in [3.63, 3.8) is 0 Å². The monoisotopic (exact) mass is 363 g/mol. The highest BCUT2D eigenvalue weighted by atomic mass is 16.5. The average molecular weight is 364 g/mol. The number of aliphatic imine (C=N–C) groups is 1. The summed E-state index contributed by atoms with van der Waals surface area (Å²) in [6, 6.07) is 8.91. The fourth-order valence-corrected chi connectivity index (χ4v) is 2.50. The molecule has 5 nitrogen and oxygen atoms in total. The van der Waals surface area contributed by atoms with Crippen LogP contribution in [0.5, 0.6) is 0 Å². The molecule has 1 rings (SSSR count). The van der Waals surface area contributed by atoms with Crippen LogP contribution < -0.4 is 10.6 Å². The molecule has 5 heteroatoms. The highest BCUT2D eigenvalue weighted by Gasteiger charge is 2.12. The normalized spacial score (nSPS) is 12.3. The molecular formula is C21H37N3O2. The fourth-order valence-electron chi connectivity index (χ4n) is 2.50. The molecule has 0 aliphatic rings. The van der Waals surface area contributed by atoms with E-state index in [1.807, 2.05) is 0 Å². The molecule has 1 aromatic rings. The van der Waals surface area contributed by atoms with Crippen LogP contribution in [0.2, 0.25) is 0 Å². The van der Waals surface area contributed by atoms with Crippen LogP contribution in [-0.4, -0.2) is 53.0 Å². The van der Waals surface area contributed by atoms with Gasteiger partial charge in [0.15, 0.2) is 5.96 Å². The summed E-state index contributed by atoms with van der Waals surface area (Å²) >= 11 is 0. The molecule has 0 saturated heterocycles. The van der Waals surface area contributed by atoms with Crippen LogP contribution >= 0.6 is 0 Å². The van der Waals surface area contributed by atoms with E-state index in [1.54, 1.807) is 14.2 Å². The number of guanidine groups is 1. The first-order valence-electron chi connectivity index (χ1n) is 9.58. The van der Waals surface area contributed by atoms with Crippen LogP contribution in [0.15, 0.2) is 29.3 Å². The minimum Gasteiger partial charge on any atom is -0.382 e. The highest BCUT2D eigenvalue weighted by molar-refractivity contribution is 5.79. The van der Waals surface area contributed by atoms with Crippen LogP contribution in [0.4, 0.5) is 0 Å². The van der Waals surface area contributed by atoms with E-state index in [0.29, 0.717) is 13.2 Å². The number of rotatable bonds is 11. The van der Waals surface area contributed by atoms with E-state index in [0.717, 1.165) is 44.9 Å². The summed E-state index contributed by atoms with van der Waals surface area (Å²) in [5, 5.41) is 6.72. The first-order valence-corrected chi connectivity index (χ1v) is 9.58. The van der Waals surface area contributed by atoms with Gasteiger partial charge in [0.1, 0.15) is 0 Å². The van der Waals surface area contributed by atoms with E-state index >= 15 is 0 Å². The number of unbranched alkanes of at least 4 members (excludes halogenated alkanes) is 1. The lowest BCUT2D eigenvalue weighted by Crippen LogP contribution is -2.38. The van der Waals surface area contributed by atoms with Crippen LogP contribution in [0.25, 0.3) is 0 Å². The van der Waals surface area contributed by atoms with E-state index in [-0.39, 0.29) is 5.41 Å². The van der Waals surface area contributed by atoms with E-state index < -0.39 is 0 Å². The van der Waals surface area contributed by atoms with E-state index in [9.17, 15) is 0 Å². The molecule has 2 N–H and O–H groups in total. The molecule has 0 amide bonds. The minimum absolute atomic E-state index is 0.206. The second-order valence-electron chi connectivity index (χ2n) is 7.43. The van der Waals surface area contributed by atoms with E-state index in [2.05, 4.69) is 60.7 Å². The molecule has 0 fully saturated rings. The Morgan fingerprint density at radius 2 is 1.65 bits per heavy atom. The molecule has 0 saturated carbocycles. The standard InChI is InChI=1S/C21H37N3O2/c1-21(2,3)19-10-8-18(9-11-19)12-14-24-20(22-4)23-13-6-7-15-26-17-16-25-5/h8-11H,6-7,12-17H2,1-5H3,(H2,22,23,24). The first kappa shape index (κ1) is 22.5. The van der Waals surface area contributed by atoms with Gasteiger partial charge in [-0.05, 0) is 35.8 Å². The van der Waals surface area contributed by atoms with Gasteiger partial charge in [-0.3, -0.25) is 4.99 Å². The molecule has 0 radical (unpaired) electrons. The van der Waals surface area contributed by atoms with Crippen molar-refractivity contribution >= 4 is 5.96 Å². The number of methoxy groups -OCH3 is 1. The van der Waals surface area contributed by atoms with Crippen LogP contribution in [0.1, 0.15) is 44.7 Å². The lowest BCUT2D eigenvalue weighted by molar-refractivity contribution is 0.0689. The topological polar surface area (TPSA) is 54.9 Å². The maximum Gasteiger partial charge on any atom is 0.190 e. The molecule has 0 aromatic heterocycles. The van der Waals surface area contributed by atoms with E-state index in [4.69, 9.17) is 9.47 Å². The molecule has 0 atom stereocenters. The smallest absolute Gasteiger partial charge is 0.190 e. The van der Waals surface area contributed by atoms with Gasteiger partial charge in [0.2, 0.25) is 0 Å². The van der Waals surface area contributed by atoms with Crippen molar-refractivity contribution < 1.29 is 9.47 Å². The summed E-state index contributed by atoms with van der Waals surface area (Å²) < 4.78 is 10.4. The van der Waals surface area contributed by atoms with Gasteiger partial charge in [-0.1, -0.05) is 45.0 Å². The number of nitrogens with zero attached hydrogens (tertiary/aromatic N) is 1. The summed E-state index contributed by atoms with van der Waals surface area (Å²) in [7, 11) is 3.49. The summed E-state index contributed by atoms with van der Waals surface area (Å²) in [5.74, 6) is 0.858. The lowest BCUT2D eigenvalue weighted by atomic mass is 9.86. The predicted molar refractivity (Wildman–Crippen MR) is 110 cm³/mol. The minimum atomic E-state index is 0.206. The molecule has 1 aromatic carbocycles. The van der Waals surface area contributed by atoms with Gasteiger partial charge in [0.05, 0.1) is 13.2 Å². The Bertz CT molecular complexity index is 507. The Hall–Kier alpha value is -1.59. The third-order valence-corrected chi connectivity index (χ3v) is 4.19. The van der Waals surface area contributed by atoms with Gasteiger partial charge < -0.3 is 20.1 Å². The van der Waals surface area contributed by atoms with Gasteiger partial charge in [-0.2, -0.15) is 0 Å². The number of hydrogen-bond acceptors (Lipinski definition) is 3. The maximum atomic E-state index is 5.45. The molecule has 0 aliphatic carbocycles. The average Bonchev–Trinajstić information content (AvgIpc) is 2.62. The zero-order valence-electron chi connectivity index (χ0n) is 17.2. The van der Waals surface area contributed by atoms with Crippen molar-refractivity contribution in [1.82, 2.24) is 10.6 Å². The molecule has 0 heterocycles. The largest absolute Gasteiger partial charge is 0.382 e. The Balaban J connectivity index is 2.16. The van der Waals surface area contributed by atoms with Gasteiger partial charge in [-0.25, -0.2) is 0 Å². The van der Waals surface area contributed by atoms with Crippen LogP contribution in [-0.2, 0) is 21.3 Å². The number of nitrogens with one attached hydrogen (secondary N) is 2. The summed E-state index contributed by atoms with van der Waals surface area (Å²) in [4.78, 5) is 4.27. The summed E-state index contributed by atoms with van der Waals surface area (Å²) in [6.07, 6.45) is 3.08. The van der Waals surface area contributed by atoms with Crippen molar-refractivity contribution in [1.29, 1.82) is 0 Å². The zero-order valence-corrected chi connectivity index (χ0v) is 17.2. The predicted octanol–water partition coefficient (Wildman–Crippen LogP) is 3.13. The molecule has 0 unspecified atom stereocenters. The molecule has 0 aliphatic heterocycles. The van der Waals surface area contributed by atoms with Gasteiger partial charge in [-0.15, -0.1) is 0 Å². The SMILES string of the molecule is CN=C(NCCCCOCCOC)NCCc1ccc(C(C)(C)C)cc1. The van der Waals surface area contributed by atoms with Gasteiger partial charge in [0.25, 0.3) is 0 Å². The lowest BCUT2D eigenvalue weighted by Gasteiger charge is -2.19. The van der Waals surface area contributed by atoms with Crippen molar-refractivity contribution in [2.24, 2.45) is 4.99 Å². The summed E-state index contributed by atoms with van der Waals surface area (Å²) in [6.45, 7) is 10.6. The number of hydrogen-bond donors (Lipinski definition) is 2. The molecule has 0 bridgehead atoms. The zero-order chi connectivity index (χ0) is 19.3. The fraction of sp³-hybridized carbons (Fsp3) is 0.667. The van der Waals surface area contributed by atoms with Crippen LogP contribution in [0.3, 0.4) is 0 Å². The van der Waals surface area contributed by atoms with Crippen molar-refractivity contribution in [3.05, 3.63) is 35.4 Å². The Morgan fingerprint density at radius 3 is 2.27 bits per heavy atom. The molecule has 0 spiro atoms.